The molecule has 0 atom stereocenters. The molecule has 0 amide bonds. The van der Waals surface area contributed by atoms with Crippen molar-refractivity contribution in [2.45, 2.75) is 6.92 Å². The Balaban J connectivity index is 2.51. The third-order valence-corrected chi connectivity index (χ3v) is 2.33. The second kappa shape index (κ2) is 4.17. The zero-order valence-electron chi connectivity index (χ0n) is 9.03. The van der Waals surface area contributed by atoms with E-state index in [0.717, 1.165) is 10.8 Å². The highest BCUT2D eigenvalue weighted by molar-refractivity contribution is 5.97. The van der Waals surface area contributed by atoms with Crippen molar-refractivity contribution in [1.29, 1.82) is 0 Å². The molecule has 86 valence electrons. The Labute approximate surface area is 96.7 Å². The van der Waals surface area contributed by atoms with Gasteiger partial charge in [0.15, 0.2) is 0 Å². The molecular weight excluding hydrogens is 222 g/mol. The molecule has 17 heavy (non-hydrogen) atoms. The van der Waals surface area contributed by atoms with E-state index in [9.17, 15) is 14.9 Å². The number of nitro groups is 1. The van der Waals surface area contributed by atoms with Gasteiger partial charge < -0.3 is 10.1 Å². The summed E-state index contributed by atoms with van der Waals surface area (Å²) in [7, 11) is 0. The number of imidazole rings is 1. The summed E-state index contributed by atoms with van der Waals surface area (Å²) in [6, 6.07) is 8.37. The first-order chi connectivity index (χ1) is 8.11. The van der Waals surface area contributed by atoms with Crippen molar-refractivity contribution < 1.29 is 9.72 Å². The fourth-order valence-corrected chi connectivity index (χ4v) is 1.52. The Morgan fingerprint density at radius 3 is 2.59 bits per heavy atom. The van der Waals surface area contributed by atoms with E-state index >= 15 is 0 Å². The first kappa shape index (κ1) is 11.0. The quantitative estimate of drug-likeness (QED) is 0.583. The van der Waals surface area contributed by atoms with Crippen LogP contribution in [-0.2, 0) is 0 Å². The maximum absolute atomic E-state index is 12.1. The summed E-state index contributed by atoms with van der Waals surface area (Å²) in [4.78, 5) is 26.0. The van der Waals surface area contributed by atoms with Crippen LogP contribution in [0, 0.1) is 17.0 Å². The van der Waals surface area contributed by atoms with Crippen molar-refractivity contribution in [3.63, 3.8) is 0 Å². The highest BCUT2D eigenvalue weighted by Crippen LogP contribution is 2.16. The average molecular weight is 231 g/mol. The van der Waals surface area contributed by atoms with Crippen LogP contribution in [0.2, 0.25) is 0 Å². The van der Waals surface area contributed by atoms with Gasteiger partial charge in [-0.25, -0.2) is 9.78 Å². The SMILES string of the molecule is Cc1ncc([N+](=O)[O-])n1C(=O)c1ccccc1. The van der Waals surface area contributed by atoms with E-state index < -0.39 is 10.8 Å². The Hall–Kier alpha value is -2.50. The molecule has 0 unspecified atom stereocenters. The van der Waals surface area contributed by atoms with E-state index in [0.29, 0.717) is 11.4 Å². The monoisotopic (exact) mass is 231 g/mol. The molecule has 0 saturated heterocycles. The van der Waals surface area contributed by atoms with E-state index in [-0.39, 0.29) is 5.82 Å². The first-order valence-electron chi connectivity index (χ1n) is 4.89. The van der Waals surface area contributed by atoms with Crippen LogP contribution >= 0.6 is 0 Å². The van der Waals surface area contributed by atoms with Crippen molar-refractivity contribution in [3.05, 3.63) is 58.0 Å². The van der Waals surface area contributed by atoms with Gasteiger partial charge in [-0.1, -0.05) is 18.2 Å². The first-order valence-corrected chi connectivity index (χ1v) is 4.89. The summed E-state index contributed by atoms with van der Waals surface area (Å²) in [6.07, 6.45) is 1.08. The van der Waals surface area contributed by atoms with Crippen LogP contribution < -0.4 is 0 Å². The molecule has 0 aliphatic rings. The Morgan fingerprint density at radius 2 is 2.00 bits per heavy atom. The lowest BCUT2D eigenvalue weighted by Crippen LogP contribution is -2.15. The molecule has 0 radical (unpaired) electrons. The molecule has 2 rings (SSSR count). The molecule has 0 saturated carbocycles. The van der Waals surface area contributed by atoms with Crippen LogP contribution in [0.25, 0.3) is 0 Å². The summed E-state index contributed by atoms with van der Waals surface area (Å²) >= 11 is 0. The van der Waals surface area contributed by atoms with Crippen LogP contribution in [0.1, 0.15) is 16.2 Å². The smallest absolute Gasteiger partial charge is 0.350 e. The fourth-order valence-electron chi connectivity index (χ4n) is 1.52. The number of aryl methyl sites for hydroxylation is 1. The maximum Gasteiger partial charge on any atom is 0.350 e. The van der Waals surface area contributed by atoms with Crippen molar-refractivity contribution in [3.8, 4) is 0 Å². The van der Waals surface area contributed by atoms with Gasteiger partial charge in [0.25, 0.3) is 0 Å². The van der Waals surface area contributed by atoms with Crippen LogP contribution in [0.5, 0.6) is 0 Å². The van der Waals surface area contributed by atoms with Gasteiger partial charge in [-0.15, -0.1) is 4.57 Å². The van der Waals surface area contributed by atoms with Gasteiger partial charge >= 0.3 is 11.7 Å². The van der Waals surface area contributed by atoms with E-state index in [1.165, 1.54) is 0 Å². The van der Waals surface area contributed by atoms with Gasteiger partial charge in [0.2, 0.25) is 5.82 Å². The highest BCUT2D eigenvalue weighted by atomic mass is 16.6. The van der Waals surface area contributed by atoms with Crippen LogP contribution in [0.3, 0.4) is 0 Å². The van der Waals surface area contributed by atoms with Crippen LogP contribution in [0.15, 0.2) is 36.5 Å². The molecule has 1 heterocycles. The fraction of sp³-hybridized carbons (Fsp3) is 0.0909. The summed E-state index contributed by atoms with van der Waals surface area (Å²) in [5.74, 6) is -0.478. The predicted molar refractivity (Wildman–Crippen MR) is 59.8 cm³/mol. The number of nitrogens with zero attached hydrogens (tertiary/aromatic N) is 3. The molecule has 0 aliphatic carbocycles. The second-order valence-corrected chi connectivity index (χ2v) is 3.43. The van der Waals surface area contributed by atoms with Gasteiger partial charge in [0, 0.05) is 6.92 Å². The molecule has 6 nitrogen and oxygen atoms in total. The van der Waals surface area contributed by atoms with Gasteiger partial charge in [-0.3, -0.25) is 0 Å². The molecule has 2 aromatic rings. The number of aromatic nitrogens is 2. The van der Waals surface area contributed by atoms with E-state index in [1.807, 2.05) is 0 Å². The number of benzene rings is 1. The lowest BCUT2D eigenvalue weighted by Gasteiger charge is -2.00. The third-order valence-electron chi connectivity index (χ3n) is 2.33. The van der Waals surface area contributed by atoms with Gasteiger partial charge in [0.05, 0.1) is 5.56 Å². The van der Waals surface area contributed by atoms with Crippen molar-refractivity contribution in [2.24, 2.45) is 0 Å². The summed E-state index contributed by atoms with van der Waals surface area (Å²) in [5, 5.41) is 10.8. The number of hydrogen-bond acceptors (Lipinski definition) is 4. The second-order valence-electron chi connectivity index (χ2n) is 3.43. The van der Waals surface area contributed by atoms with Crippen molar-refractivity contribution >= 4 is 11.7 Å². The standard InChI is InChI=1S/C11H9N3O3/c1-8-12-7-10(14(16)17)13(8)11(15)9-5-3-2-4-6-9/h2-7H,1H3. The van der Waals surface area contributed by atoms with E-state index in [2.05, 4.69) is 4.98 Å². The highest BCUT2D eigenvalue weighted by Gasteiger charge is 2.25. The zero-order chi connectivity index (χ0) is 12.4. The molecule has 0 fully saturated rings. The third kappa shape index (κ3) is 1.92. The van der Waals surface area contributed by atoms with E-state index in [4.69, 9.17) is 0 Å². The minimum absolute atomic E-state index is 0.297. The average Bonchev–Trinajstić information content (AvgIpc) is 2.71. The molecule has 0 bridgehead atoms. The summed E-state index contributed by atoms with van der Waals surface area (Å²) < 4.78 is 0.995. The minimum atomic E-state index is -0.624. The largest absolute Gasteiger partial charge is 0.358 e. The molecule has 0 aliphatic heterocycles. The van der Waals surface area contributed by atoms with Crippen LogP contribution in [-0.4, -0.2) is 20.4 Å². The minimum Gasteiger partial charge on any atom is -0.358 e. The van der Waals surface area contributed by atoms with Crippen molar-refractivity contribution in [1.82, 2.24) is 9.55 Å². The summed E-state index contributed by atoms with van der Waals surface area (Å²) in [5.41, 5.74) is 0.386. The zero-order valence-corrected chi connectivity index (χ0v) is 9.03. The topological polar surface area (TPSA) is 78.0 Å². The number of carbonyl (C=O) groups excluding carboxylic acids is 1. The van der Waals surface area contributed by atoms with Crippen LogP contribution in [0.4, 0.5) is 5.82 Å². The van der Waals surface area contributed by atoms with E-state index in [1.54, 1.807) is 37.3 Å². The van der Waals surface area contributed by atoms with Gasteiger partial charge in [0.1, 0.15) is 6.20 Å². The maximum atomic E-state index is 12.1. The number of hydrogen-bond donors (Lipinski definition) is 0. The Kier molecular flexibility index (Phi) is 2.70. The number of rotatable bonds is 2. The predicted octanol–water partition coefficient (Wildman–Crippen LogP) is 1.79. The number of carbonyl (C=O) groups is 1. The normalized spacial score (nSPS) is 10.2. The van der Waals surface area contributed by atoms with Crippen molar-refractivity contribution in [2.75, 3.05) is 0 Å². The molecule has 6 heteroatoms. The molecular formula is C11H9N3O3. The Bertz CT molecular complexity index is 575. The summed E-state index contributed by atoms with van der Waals surface area (Å²) in [6.45, 7) is 1.55. The molecule has 0 spiro atoms. The lowest BCUT2D eigenvalue weighted by molar-refractivity contribution is -0.390. The molecule has 0 N–H and O–H groups in total. The molecule has 1 aromatic carbocycles. The Morgan fingerprint density at radius 1 is 1.35 bits per heavy atom. The lowest BCUT2D eigenvalue weighted by atomic mass is 10.2. The molecule has 1 aromatic heterocycles. The van der Waals surface area contributed by atoms with Gasteiger partial charge in [-0.2, -0.15) is 0 Å². The van der Waals surface area contributed by atoms with Gasteiger partial charge in [-0.05, 0) is 17.1 Å².